The fraction of sp³-hybridized carbons (Fsp3) is 0.778. The summed E-state index contributed by atoms with van der Waals surface area (Å²) in [5, 5.41) is 6.66. The summed E-state index contributed by atoms with van der Waals surface area (Å²) in [6.07, 6.45) is 4.21. The number of aryl methyl sites for hydroxylation is 2. The van der Waals surface area contributed by atoms with Gasteiger partial charge in [-0.05, 0) is 53.4 Å². The van der Waals surface area contributed by atoms with Crippen molar-refractivity contribution < 1.29 is 18.8 Å². The van der Waals surface area contributed by atoms with Crippen LogP contribution in [0.2, 0.25) is 0 Å². The smallest absolute Gasteiger partial charge is 0.410 e. The lowest BCUT2D eigenvalue weighted by Crippen LogP contribution is -2.50. The number of piperidine rings is 1. The number of aromatic nitrogens is 2. The molecule has 2 heterocycles. The van der Waals surface area contributed by atoms with E-state index < -0.39 is 5.60 Å². The van der Waals surface area contributed by atoms with E-state index in [1.807, 2.05) is 20.8 Å². The number of amides is 2. The summed E-state index contributed by atoms with van der Waals surface area (Å²) in [7, 11) is 0. The molecule has 0 radical (unpaired) electrons. The van der Waals surface area contributed by atoms with Gasteiger partial charge < -0.3 is 19.5 Å². The molecule has 1 N–H and O–H groups in total. The number of likely N-dealkylation sites (tertiary alicyclic amines) is 1. The van der Waals surface area contributed by atoms with Gasteiger partial charge in [0.05, 0.1) is 6.04 Å². The average Bonchev–Trinajstić information content (AvgIpc) is 2.97. The van der Waals surface area contributed by atoms with Crippen LogP contribution in [0.25, 0.3) is 0 Å². The molecule has 26 heavy (non-hydrogen) atoms. The third kappa shape index (κ3) is 6.65. The summed E-state index contributed by atoms with van der Waals surface area (Å²) in [6.45, 7) is 8.47. The summed E-state index contributed by atoms with van der Waals surface area (Å²) in [5.74, 6) is 1.12. The van der Waals surface area contributed by atoms with Gasteiger partial charge in [-0.25, -0.2) is 4.79 Å². The van der Waals surface area contributed by atoms with Crippen molar-refractivity contribution in [1.29, 1.82) is 0 Å². The zero-order valence-corrected chi connectivity index (χ0v) is 16.2. The van der Waals surface area contributed by atoms with E-state index in [0.29, 0.717) is 44.1 Å². The van der Waals surface area contributed by atoms with Gasteiger partial charge in [0.1, 0.15) is 5.60 Å². The van der Waals surface area contributed by atoms with Crippen LogP contribution in [0.1, 0.15) is 64.6 Å². The van der Waals surface area contributed by atoms with Gasteiger partial charge in [-0.15, -0.1) is 0 Å². The van der Waals surface area contributed by atoms with Crippen molar-refractivity contribution >= 4 is 12.0 Å². The first-order valence-corrected chi connectivity index (χ1v) is 9.30. The lowest BCUT2D eigenvalue weighted by molar-refractivity contribution is -0.121. The van der Waals surface area contributed by atoms with Crippen molar-refractivity contribution in [3.8, 4) is 0 Å². The van der Waals surface area contributed by atoms with E-state index in [4.69, 9.17) is 9.26 Å². The van der Waals surface area contributed by atoms with Crippen molar-refractivity contribution in [3.05, 3.63) is 11.7 Å². The molecule has 1 unspecified atom stereocenters. The molecule has 0 spiro atoms. The molecular formula is C18H30N4O4. The SMILES string of the molecule is Cc1noc(CCCC(=O)NCC2CCCCN2C(=O)OC(C)(C)C)n1. The Kier molecular flexibility index (Phi) is 6.99. The van der Waals surface area contributed by atoms with E-state index in [9.17, 15) is 9.59 Å². The topological polar surface area (TPSA) is 97.6 Å². The van der Waals surface area contributed by atoms with E-state index in [2.05, 4.69) is 15.5 Å². The lowest BCUT2D eigenvalue weighted by Gasteiger charge is -2.36. The number of carbonyl (C=O) groups is 2. The standard InChI is InChI=1S/C18H30N4O4/c1-13-20-16(26-21-13)10-7-9-15(23)19-12-14-8-5-6-11-22(14)17(24)25-18(2,3)4/h14H,5-12H2,1-4H3,(H,19,23). The van der Waals surface area contributed by atoms with E-state index in [1.165, 1.54) is 0 Å². The maximum Gasteiger partial charge on any atom is 0.410 e. The molecule has 0 saturated carbocycles. The molecule has 1 aromatic heterocycles. The monoisotopic (exact) mass is 366 g/mol. The molecule has 2 rings (SSSR count). The van der Waals surface area contributed by atoms with Crippen LogP contribution in [0.5, 0.6) is 0 Å². The highest BCUT2D eigenvalue weighted by Crippen LogP contribution is 2.20. The van der Waals surface area contributed by atoms with Crippen molar-refractivity contribution in [2.75, 3.05) is 13.1 Å². The van der Waals surface area contributed by atoms with Gasteiger partial charge in [0, 0.05) is 25.9 Å². The van der Waals surface area contributed by atoms with E-state index in [0.717, 1.165) is 19.3 Å². The molecule has 1 aliphatic rings. The van der Waals surface area contributed by atoms with Crippen LogP contribution in [-0.2, 0) is 16.0 Å². The van der Waals surface area contributed by atoms with Gasteiger partial charge in [0.15, 0.2) is 5.82 Å². The molecule has 1 fully saturated rings. The maximum atomic E-state index is 12.4. The van der Waals surface area contributed by atoms with Gasteiger partial charge in [-0.3, -0.25) is 4.79 Å². The van der Waals surface area contributed by atoms with Gasteiger partial charge in [0.25, 0.3) is 0 Å². The predicted octanol–water partition coefficient (Wildman–Crippen LogP) is 2.61. The Morgan fingerprint density at radius 2 is 2.12 bits per heavy atom. The zero-order valence-electron chi connectivity index (χ0n) is 16.2. The van der Waals surface area contributed by atoms with Crippen molar-refractivity contribution in [3.63, 3.8) is 0 Å². The number of rotatable bonds is 6. The van der Waals surface area contributed by atoms with Gasteiger partial charge in [-0.1, -0.05) is 5.16 Å². The molecule has 8 heteroatoms. The molecular weight excluding hydrogens is 336 g/mol. The highest BCUT2D eigenvalue weighted by atomic mass is 16.6. The molecule has 1 atom stereocenters. The molecule has 2 amide bonds. The van der Waals surface area contributed by atoms with Crippen LogP contribution in [0.4, 0.5) is 4.79 Å². The first kappa shape index (κ1) is 20.2. The second kappa shape index (κ2) is 9.00. The summed E-state index contributed by atoms with van der Waals surface area (Å²) in [5.41, 5.74) is -0.518. The van der Waals surface area contributed by atoms with Crippen molar-refractivity contribution in [2.24, 2.45) is 0 Å². The van der Waals surface area contributed by atoms with Gasteiger partial charge in [0.2, 0.25) is 11.8 Å². The largest absolute Gasteiger partial charge is 0.444 e. The Balaban J connectivity index is 1.74. The normalized spacial score (nSPS) is 17.8. The first-order valence-electron chi connectivity index (χ1n) is 9.30. The minimum atomic E-state index is -0.518. The van der Waals surface area contributed by atoms with Crippen LogP contribution in [0.15, 0.2) is 4.52 Å². The summed E-state index contributed by atoms with van der Waals surface area (Å²) < 4.78 is 10.5. The molecule has 0 aliphatic carbocycles. The molecule has 1 saturated heterocycles. The Bertz CT molecular complexity index is 609. The quantitative estimate of drug-likeness (QED) is 0.831. The van der Waals surface area contributed by atoms with Gasteiger partial charge >= 0.3 is 6.09 Å². The predicted molar refractivity (Wildman–Crippen MR) is 95.6 cm³/mol. The Labute approximate surface area is 154 Å². The Morgan fingerprint density at radius 1 is 1.35 bits per heavy atom. The molecule has 1 aliphatic heterocycles. The van der Waals surface area contributed by atoms with E-state index in [-0.39, 0.29) is 18.0 Å². The lowest BCUT2D eigenvalue weighted by atomic mass is 10.0. The van der Waals surface area contributed by atoms with Gasteiger partial charge in [-0.2, -0.15) is 4.98 Å². The fourth-order valence-corrected chi connectivity index (χ4v) is 2.94. The number of carbonyl (C=O) groups excluding carboxylic acids is 2. The van der Waals surface area contributed by atoms with E-state index >= 15 is 0 Å². The third-order valence-electron chi connectivity index (χ3n) is 4.15. The first-order chi connectivity index (χ1) is 12.2. The highest BCUT2D eigenvalue weighted by molar-refractivity contribution is 5.76. The number of hydrogen-bond acceptors (Lipinski definition) is 6. The molecule has 1 aromatic rings. The van der Waals surface area contributed by atoms with Crippen LogP contribution in [-0.4, -0.2) is 51.8 Å². The average molecular weight is 366 g/mol. The van der Waals surface area contributed by atoms with Crippen LogP contribution < -0.4 is 5.32 Å². The number of hydrogen-bond donors (Lipinski definition) is 1. The highest BCUT2D eigenvalue weighted by Gasteiger charge is 2.30. The minimum absolute atomic E-state index is 0.0128. The Morgan fingerprint density at radius 3 is 2.77 bits per heavy atom. The van der Waals surface area contributed by atoms with Crippen LogP contribution in [0.3, 0.4) is 0 Å². The van der Waals surface area contributed by atoms with Crippen molar-refractivity contribution in [2.45, 2.75) is 77.9 Å². The molecule has 8 nitrogen and oxygen atoms in total. The summed E-state index contributed by atoms with van der Waals surface area (Å²) in [6, 6.07) is -0.0128. The Hall–Kier alpha value is -2.12. The third-order valence-corrected chi connectivity index (χ3v) is 4.15. The minimum Gasteiger partial charge on any atom is -0.444 e. The van der Waals surface area contributed by atoms with Crippen LogP contribution >= 0.6 is 0 Å². The zero-order chi connectivity index (χ0) is 19.2. The maximum absolute atomic E-state index is 12.4. The number of nitrogens with zero attached hydrogens (tertiary/aromatic N) is 3. The van der Waals surface area contributed by atoms with E-state index in [1.54, 1.807) is 11.8 Å². The second-order valence-electron chi connectivity index (χ2n) is 7.72. The molecule has 0 aromatic carbocycles. The number of ether oxygens (including phenoxy) is 1. The molecule has 146 valence electrons. The number of nitrogens with one attached hydrogen (secondary N) is 1. The van der Waals surface area contributed by atoms with Crippen LogP contribution in [0, 0.1) is 6.92 Å². The van der Waals surface area contributed by atoms with Crippen molar-refractivity contribution in [1.82, 2.24) is 20.4 Å². The second-order valence-corrected chi connectivity index (χ2v) is 7.72. The summed E-state index contributed by atoms with van der Waals surface area (Å²) >= 11 is 0. The molecule has 0 bridgehead atoms. The summed E-state index contributed by atoms with van der Waals surface area (Å²) in [4.78, 5) is 30.3. The fourth-order valence-electron chi connectivity index (χ4n) is 2.94.